The molecule has 30 heavy (non-hydrogen) atoms. The molecule has 5 nitrogen and oxygen atoms in total. The minimum absolute atomic E-state index is 0.0248. The number of nitrogens with two attached hydrogens (primary N) is 1. The van der Waals surface area contributed by atoms with Crippen LogP contribution in [-0.2, 0) is 0 Å². The molecule has 0 spiro atoms. The molecule has 2 aliphatic heterocycles. The number of likely N-dealkylation sites (tertiary alicyclic amines) is 1. The number of hydrogen-bond donors (Lipinski definition) is 1. The number of carbonyl (C=O) groups is 1. The third kappa shape index (κ3) is 4.25. The Labute approximate surface area is 178 Å². The summed E-state index contributed by atoms with van der Waals surface area (Å²) in [5.74, 6) is 0.380. The van der Waals surface area contributed by atoms with Crippen molar-refractivity contribution in [3.05, 3.63) is 72.6 Å². The Morgan fingerprint density at radius 2 is 1.57 bits per heavy atom. The van der Waals surface area contributed by atoms with Crippen LogP contribution >= 0.6 is 0 Å². The molecular weight excluding hydrogens is 372 g/mol. The average Bonchev–Trinajstić information content (AvgIpc) is 3.33. The van der Waals surface area contributed by atoms with E-state index in [0.717, 1.165) is 44.6 Å². The Balaban J connectivity index is 1.33. The first-order valence-electron chi connectivity index (χ1n) is 10.8. The van der Waals surface area contributed by atoms with Crippen LogP contribution in [0.15, 0.2) is 55.8 Å². The first-order valence-corrected chi connectivity index (χ1v) is 10.8. The fourth-order valence-corrected chi connectivity index (χ4v) is 4.40. The molecule has 0 aliphatic carbocycles. The number of carbonyl (C=O) groups excluding carboxylic acids is 1. The molecule has 1 aromatic carbocycles. The van der Waals surface area contributed by atoms with Gasteiger partial charge in [0.2, 0.25) is 0 Å². The second kappa shape index (κ2) is 8.74. The molecule has 3 heterocycles. The molecular formula is C25H30N4O. The van der Waals surface area contributed by atoms with Crippen LogP contribution in [0.5, 0.6) is 0 Å². The van der Waals surface area contributed by atoms with Crippen LogP contribution in [-0.4, -0.2) is 42.0 Å². The summed E-state index contributed by atoms with van der Waals surface area (Å²) in [4.78, 5) is 21.4. The molecule has 2 aliphatic rings. The summed E-state index contributed by atoms with van der Waals surface area (Å²) in [6.07, 6.45) is 6.03. The van der Waals surface area contributed by atoms with E-state index in [1.807, 2.05) is 4.90 Å². The van der Waals surface area contributed by atoms with Crippen molar-refractivity contribution in [1.29, 1.82) is 0 Å². The summed E-state index contributed by atoms with van der Waals surface area (Å²) in [7, 11) is 0. The van der Waals surface area contributed by atoms with E-state index in [1.165, 1.54) is 29.7 Å². The molecule has 1 amide bonds. The Morgan fingerprint density at radius 3 is 2.13 bits per heavy atom. The smallest absolute Gasteiger partial charge is 0.272 e. The summed E-state index contributed by atoms with van der Waals surface area (Å²) in [5.41, 5.74) is 11.0. The largest absolute Gasteiger partial charge is 0.399 e. The van der Waals surface area contributed by atoms with Gasteiger partial charge in [0.25, 0.3) is 5.91 Å². The zero-order chi connectivity index (χ0) is 21.1. The van der Waals surface area contributed by atoms with Crippen LogP contribution in [0, 0.1) is 5.92 Å². The standard InChI is InChI=1S/C25H30N4O/c1-18(20-5-8-23(9-6-20)28-13-3-4-14-28)21-11-15-29(16-12-21)25(30)24-10-7-22(17-27-24)19(2)26/h5-10,17,21H,1-4,11-16,26H2. The van der Waals surface area contributed by atoms with E-state index in [4.69, 9.17) is 5.73 Å². The van der Waals surface area contributed by atoms with Crippen LogP contribution < -0.4 is 10.6 Å². The van der Waals surface area contributed by atoms with E-state index < -0.39 is 0 Å². The van der Waals surface area contributed by atoms with Gasteiger partial charge in [0.1, 0.15) is 5.69 Å². The van der Waals surface area contributed by atoms with Crippen molar-refractivity contribution < 1.29 is 4.79 Å². The van der Waals surface area contributed by atoms with Gasteiger partial charge in [0, 0.05) is 49.3 Å². The third-order valence-corrected chi connectivity index (χ3v) is 6.34. The molecule has 1 aromatic heterocycles. The SMILES string of the molecule is C=C(N)c1ccc(C(=O)N2CCC(C(=C)c3ccc(N4CCCC4)cc3)CC2)nc1. The number of hydrogen-bond acceptors (Lipinski definition) is 4. The highest BCUT2D eigenvalue weighted by Crippen LogP contribution is 2.32. The number of allylic oxidation sites excluding steroid dienone is 1. The van der Waals surface area contributed by atoms with E-state index in [9.17, 15) is 4.79 Å². The molecule has 2 fully saturated rings. The van der Waals surface area contributed by atoms with Crippen molar-refractivity contribution in [2.45, 2.75) is 25.7 Å². The minimum atomic E-state index is -0.0248. The van der Waals surface area contributed by atoms with Gasteiger partial charge in [-0.1, -0.05) is 25.3 Å². The second-order valence-electron chi connectivity index (χ2n) is 8.29. The maximum atomic E-state index is 12.8. The minimum Gasteiger partial charge on any atom is -0.399 e. The zero-order valence-electron chi connectivity index (χ0n) is 17.5. The van der Waals surface area contributed by atoms with Crippen molar-refractivity contribution in [2.24, 2.45) is 11.7 Å². The lowest BCUT2D eigenvalue weighted by atomic mass is 9.86. The maximum absolute atomic E-state index is 12.8. The van der Waals surface area contributed by atoms with Crippen LogP contribution in [0.1, 0.15) is 47.3 Å². The first-order chi connectivity index (χ1) is 14.5. The molecule has 0 atom stereocenters. The second-order valence-corrected chi connectivity index (χ2v) is 8.29. The first kappa shape index (κ1) is 20.2. The van der Waals surface area contributed by atoms with E-state index in [0.29, 0.717) is 17.3 Å². The highest BCUT2D eigenvalue weighted by atomic mass is 16.2. The van der Waals surface area contributed by atoms with Crippen LogP contribution in [0.25, 0.3) is 11.3 Å². The fraction of sp³-hybridized carbons (Fsp3) is 0.360. The molecule has 0 radical (unpaired) electrons. The number of anilines is 1. The van der Waals surface area contributed by atoms with Gasteiger partial charge in [0.05, 0.1) is 0 Å². The van der Waals surface area contributed by atoms with E-state index in [2.05, 4.69) is 47.3 Å². The maximum Gasteiger partial charge on any atom is 0.272 e. The van der Waals surface area contributed by atoms with Crippen LogP contribution in [0.2, 0.25) is 0 Å². The molecule has 2 saturated heterocycles. The van der Waals surface area contributed by atoms with Gasteiger partial charge in [-0.05, 0) is 67.0 Å². The summed E-state index contributed by atoms with van der Waals surface area (Å²) in [5, 5.41) is 0. The molecule has 0 saturated carbocycles. The van der Waals surface area contributed by atoms with Gasteiger partial charge in [-0.3, -0.25) is 9.78 Å². The number of piperidine rings is 1. The Kier molecular flexibility index (Phi) is 5.88. The molecule has 2 aromatic rings. The number of aromatic nitrogens is 1. The Morgan fingerprint density at radius 1 is 0.933 bits per heavy atom. The highest BCUT2D eigenvalue weighted by Gasteiger charge is 2.26. The summed E-state index contributed by atoms with van der Waals surface area (Å²) in [6.45, 7) is 11.8. The quantitative estimate of drug-likeness (QED) is 0.815. The van der Waals surface area contributed by atoms with Gasteiger partial charge in [-0.25, -0.2) is 0 Å². The Bertz CT molecular complexity index is 919. The lowest BCUT2D eigenvalue weighted by Crippen LogP contribution is -2.39. The van der Waals surface area contributed by atoms with E-state index in [1.54, 1.807) is 18.3 Å². The molecule has 2 N–H and O–H groups in total. The normalized spacial score (nSPS) is 17.2. The molecule has 0 bridgehead atoms. The van der Waals surface area contributed by atoms with Crippen molar-refractivity contribution in [3.8, 4) is 0 Å². The number of benzene rings is 1. The van der Waals surface area contributed by atoms with Crippen LogP contribution in [0.4, 0.5) is 5.69 Å². The lowest BCUT2D eigenvalue weighted by molar-refractivity contribution is 0.0702. The number of pyridine rings is 1. The predicted molar refractivity (Wildman–Crippen MR) is 123 cm³/mol. The van der Waals surface area contributed by atoms with E-state index >= 15 is 0 Å². The fourth-order valence-electron chi connectivity index (χ4n) is 4.40. The molecule has 4 rings (SSSR count). The average molecular weight is 403 g/mol. The third-order valence-electron chi connectivity index (χ3n) is 6.34. The van der Waals surface area contributed by atoms with Crippen LogP contribution in [0.3, 0.4) is 0 Å². The number of amides is 1. The monoisotopic (exact) mass is 402 g/mol. The lowest BCUT2D eigenvalue weighted by Gasteiger charge is -2.33. The van der Waals surface area contributed by atoms with Crippen molar-refractivity contribution in [1.82, 2.24) is 9.88 Å². The summed E-state index contributed by atoms with van der Waals surface area (Å²) in [6, 6.07) is 12.4. The highest BCUT2D eigenvalue weighted by molar-refractivity contribution is 5.92. The predicted octanol–water partition coefficient (Wildman–Crippen LogP) is 4.18. The number of nitrogens with zero attached hydrogens (tertiary/aromatic N) is 3. The van der Waals surface area contributed by atoms with E-state index in [-0.39, 0.29) is 5.91 Å². The van der Waals surface area contributed by atoms with Crippen molar-refractivity contribution >= 4 is 22.9 Å². The van der Waals surface area contributed by atoms with Gasteiger partial charge >= 0.3 is 0 Å². The molecule has 0 unspecified atom stereocenters. The van der Waals surface area contributed by atoms with Gasteiger partial charge < -0.3 is 15.5 Å². The molecule has 156 valence electrons. The summed E-state index contributed by atoms with van der Waals surface area (Å²) < 4.78 is 0. The molecule has 5 heteroatoms. The topological polar surface area (TPSA) is 62.5 Å². The van der Waals surface area contributed by atoms with Gasteiger partial charge in [-0.2, -0.15) is 0 Å². The summed E-state index contributed by atoms with van der Waals surface area (Å²) >= 11 is 0. The Hall–Kier alpha value is -3.08. The number of rotatable bonds is 5. The van der Waals surface area contributed by atoms with Crippen molar-refractivity contribution in [3.63, 3.8) is 0 Å². The van der Waals surface area contributed by atoms with Gasteiger partial charge in [0.15, 0.2) is 0 Å². The van der Waals surface area contributed by atoms with Crippen molar-refractivity contribution in [2.75, 3.05) is 31.1 Å². The zero-order valence-corrected chi connectivity index (χ0v) is 17.5. The van der Waals surface area contributed by atoms with Gasteiger partial charge in [-0.15, -0.1) is 0 Å².